The number of amides is 3. The van der Waals surface area contributed by atoms with Gasteiger partial charge in [-0.15, -0.1) is 0 Å². The second kappa shape index (κ2) is 19.8. The quantitative estimate of drug-likeness (QED) is 0.176. The minimum absolute atomic E-state index is 0.0304. The molecule has 2 aromatic rings. The number of hydrogen-bond acceptors (Lipinski definition) is 9. The Bertz CT molecular complexity index is 1640. The zero-order valence-electron chi connectivity index (χ0n) is 30.3. The number of hydrogen-bond donors (Lipinski definition) is 4. The van der Waals surface area contributed by atoms with Crippen molar-refractivity contribution >= 4 is 45.1 Å². The van der Waals surface area contributed by atoms with Crippen LogP contribution in [0.25, 0.3) is 0 Å². The second-order valence-corrected chi connectivity index (χ2v) is 16.6. The van der Waals surface area contributed by atoms with Crippen LogP contribution in [0, 0.1) is 11.8 Å². The number of likely N-dealkylation sites (tertiary alicyclic amines) is 1. The van der Waals surface area contributed by atoms with E-state index in [-0.39, 0.29) is 38.3 Å². The molecule has 4 N–H and O–H groups in total. The number of carbonyl (C=O) groups is 4. The third-order valence-corrected chi connectivity index (χ3v) is 11.2. The first kappa shape index (κ1) is 40.8. The maximum absolute atomic E-state index is 14.3. The molecule has 0 bridgehead atoms. The summed E-state index contributed by atoms with van der Waals surface area (Å²) in [6.07, 6.45) is 4.91. The number of piperidine rings is 1. The average molecular weight is 774 g/mol. The summed E-state index contributed by atoms with van der Waals surface area (Å²) in [6.45, 7) is 3.47. The van der Waals surface area contributed by atoms with Crippen LogP contribution >= 0.6 is 11.6 Å². The Labute approximate surface area is 317 Å². The Morgan fingerprint density at radius 3 is 2.32 bits per heavy atom. The van der Waals surface area contributed by atoms with Gasteiger partial charge in [0.05, 0.1) is 19.0 Å². The van der Waals surface area contributed by atoms with Gasteiger partial charge in [-0.2, -0.15) is 0 Å². The van der Waals surface area contributed by atoms with Crippen LogP contribution in [0.3, 0.4) is 0 Å². The fourth-order valence-corrected chi connectivity index (χ4v) is 8.09. The molecule has 13 nitrogen and oxygen atoms in total. The number of ketones is 1. The summed E-state index contributed by atoms with van der Waals surface area (Å²) in [4.78, 5) is 56.8. The van der Waals surface area contributed by atoms with Crippen LogP contribution in [0.15, 0.2) is 54.6 Å². The molecule has 0 spiro atoms. The highest BCUT2D eigenvalue weighted by Crippen LogP contribution is 2.26. The standard InChI is InChI=1S/C38H52ClN5O8S/c1-53(49,50)43-32(12-9-26-13-17-40-18-14-26)38(48)44-24-31(52-25-29-7-10-30(39)11-8-29)22-34(44)36(46)42-33(21-27-5-3-2-4-6-27)35(45)37(47)41-23-28-15-19-51-20-16-28/h2-8,10-11,26,28,31-34,40,43H,9,12-25H2,1H3,(H,41,47)(H,42,46)/t31-,32-,33+,34+/m1/s1. The SMILES string of the molecule is CS(=O)(=O)N[C@H](CCC1CCNCC1)C(=O)N1C[C@H](OCc2ccc(Cl)cc2)C[C@H]1C(=O)N[C@@H](Cc1ccccc1)C(=O)C(=O)NCC1CCOCC1. The van der Waals surface area contributed by atoms with E-state index in [1.165, 1.54) is 4.90 Å². The van der Waals surface area contributed by atoms with Crippen molar-refractivity contribution < 1.29 is 37.1 Å². The predicted molar refractivity (Wildman–Crippen MR) is 200 cm³/mol. The Hall–Kier alpha value is -3.40. The Balaban J connectivity index is 1.35. The van der Waals surface area contributed by atoms with Crippen molar-refractivity contribution in [2.45, 2.75) is 82.2 Å². The topological polar surface area (TPSA) is 172 Å². The van der Waals surface area contributed by atoms with E-state index in [9.17, 15) is 27.6 Å². The number of carbonyl (C=O) groups excluding carboxylic acids is 4. The van der Waals surface area contributed by atoms with E-state index >= 15 is 0 Å². The minimum Gasteiger partial charge on any atom is -0.381 e. The molecular formula is C38H52ClN5O8S. The molecule has 15 heteroatoms. The molecule has 3 saturated heterocycles. The minimum atomic E-state index is -3.79. The molecule has 3 aliphatic heterocycles. The van der Waals surface area contributed by atoms with E-state index in [4.69, 9.17) is 21.1 Å². The van der Waals surface area contributed by atoms with Gasteiger partial charge < -0.3 is 30.3 Å². The molecule has 3 heterocycles. The van der Waals surface area contributed by atoms with Crippen molar-refractivity contribution in [3.05, 3.63) is 70.7 Å². The van der Waals surface area contributed by atoms with Crippen molar-refractivity contribution in [3.8, 4) is 0 Å². The first-order valence-corrected chi connectivity index (χ1v) is 20.8. The van der Waals surface area contributed by atoms with E-state index in [1.807, 2.05) is 42.5 Å². The number of nitrogens with zero attached hydrogens (tertiary/aromatic N) is 1. The molecule has 0 unspecified atom stereocenters. The fourth-order valence-electron chi connectivity index (χ4n) is 7.23. The van der Waals surface area contributed by atoms with Gasteiger partial charge in [0.2, 0.25) is 27.6 Å². The molecule has 3 amide bonds. The van der Waals surface area contributed by atoms with E-state index in [0.717, 1.165) is 56.2 Å². The van der Waals surface area contributed by atoms with Gasteiger partial charge in [-0.1, -0.05) is 54.1 Å². The van der Waals surface area contributed by atoms with E-state index in [1.54, 1.807) is 12.1 Å². The normalized spacial score (nSPS) is 21.1. The maximum Gasteiger partial charge on any atom is 0.289 e. The van der Waals surface area contributed by atoms with E-state index < -0.39 is 57.8 Å². The molecule has 290 valence electrons. The number of rotatable bonds is 17. The lowest BCUT2D eigenvalue weighted by Crippen LogP contribution is -2.56. The highest BCUT2D eigenvalue weighted by atomic mass is 35.5. The third kappa shape index (κ3) is 12.9. The zero-order valence-corrected chi connectivity index (χ0v) is 31.8. The molecule has 3 aliphatic rings. The summed E-state index contributed by atoms with van der Waals surface area (Å²) >= 11 is 6.05. The lowest BCUT2D eigenvalue weighted by molar-refractivity contribution is -0.142. The number of Topliss-reactive ketones (excluding diaryl/α,β-unsaturated/α-hetero) is 1. The fraction of sp³-hybridized carbons (Fsp3) is 0.579. The van der Waals surface area contributed by atoms with Gasteiger partial charge in [0.25, 0.3) is 5.91 Å². The number of benzene rings is 2. The van der Waals surface area contributed by atoms with Gasteiger partial charge in [0.15, 0.2) is 0 Å². The molecule has 0 radical (unpaired) electrons. The maximum atomic E-state index is 14.3. The van der Waals surface area contributed by atoms with Crippen LogP contribution in [-0.2, 0) is 51.7 Å². The average Bonchev–Trinajstić information content (AvgIpc) is 3.60. The first-order chi connectivity index (χ1) is 25.4. The van der Waals surface area contributed by atoms with Crippen molar-refractivity contribution in [2.24, 2.45) is 11.8 Å². The van der Waals surface area contributed by atoms with Crippen molar-refractivity contribution in [1.82, 2.24) is 25.6 Å². The van der Waals surface area contributed by atoms with Crippen molar-refractivity contribution in [2.75, 3.05) is 45.6 Å². The Morgan fingerprint density at radius 2 is 1.64 bits per heavy atom. The molecule has 53 heavy (non-hydrogen) atoms. The van der Waals surface area contributed by atoms with Crippen LogP contribution in [0.1, 0.15) is 56.1 Å². The highest BCUT2D eigenvalue weighted by molar-refractivity contribution is 7.88. The summed E-state index contributed by atoms with van der Waals surface area (Å²) in [5.74, 6) is -2.23. The molecular weight excluding hydrogens is 722 g/mol. The Kier molecular flexibility index (Phi) is 15.2. The summed E-state index contributed by atoms with van der Waals surface area (Å²) in [5, 5.41) is 9.45. The van der Waals surface area contributed by atoms with Crippen molar-refractivity contribution in [3.63, 3.8) is 0 Å². The van der Waals surface area contributed by atoms with Gasteiger partial charge in [-0.05, 0) is 86.7 Å². The predicted octanol–water partition coefficient (Wildman–Crippen LogP) is 2.36. The number of sulfonamides is 1. The monoisotopic (exact) mass is 773 g/mol. The Morgan fingerprint density at radius 1 is 0.943 bits per heavy atom. The number of halogens is 1. The summed E-state index contributed by atoms with van der Waals surface area (Å²) < 4.78 is 39.1. The van der Waals surface area contributed by atoms with Gasteiger partial charge in [0.1, 0.15) is 18.1 Å². The molecule has 0 saturated carbocycles. The van der Waals surface area contributed by atoms with Gasteiger partial charge in [0, 0.05) is 44.2 Å². The first-order valence-electron chi connectivity index (χ1n) is 18.5. The van der Waals surface area contributed by atoms with Gasteiger partial charge in [-0.25, -0.2) is 13.1 Å². The van der Waals surface area contributed by atoms with Crippen LogP contribution < -0.4 is 20.7 Å². The molecule has 3 fully saturated rings. The smallest absolute Gasteiger partial charge is 0.289 e. The van der Waals surface area contributed by atoms with E-state index in [0.29, 0.717) is 37.1 Å². The van der Waals surface area contributed by atoms with E-state index in [2.05, 4.69) is 20.7 Å². The summed E-state index contributed by atoms with van der Waals surface area (Å²) in [7, 11) is -3.79. The van der Waals surface area contributed by atoms with Gasteiger partial charge >= 0.3 is 0 Å². The van der Waals surface area contributed by atoms with Gasteiger partial charge in [-0.3, -0.25) is 19.2 Å². The number of nitrogens with one attached hydrogen (secondary N) is 4. The van der Waals surface area contributed by atoms with Crippen LogP contribution in [0.4, 0.5) is 0 Å². The molecule has 0 aromatic heterocycles. The largest absolute Gasteiger partial charge is 0.381 e. The molecule has 4 atom stereocenters. The lowest BCUT2D eigenvalue weighted by atomic mass is 9.91. The number of ether oxygens (including phenoxy) is 2. The van der Waals surface area contributed by atoms with Crippen LogP contribution in [0.2, 0.25) is 5.02 Å². The van der Waals surface area contributed by atoms with Crippen molar-refractivity contribution in [1.29, 1.82) is 0 Å². The zero-order chi connectivity index (χ0) is 37.8. The molecule has 5 rings (SSSR count). The summed E-state index contributed by atoms with van der Waals surface area (Å²) in [6, 6.07) is 12.8. The molecule has 0 aliphatic carbocycles. The summed E-state index contributed by atoms with van der Waals surface area (Å²) in [5.41, 5.74) is 1.58. The van der Waals surface area contributed by atoms with Crippen LogP contribution in [-0.4, -0.2) is 107 Å². The second-order valence-electron chi connectivity index (χ2n) is 14.4. The lowest BCUT2D eigenvalue weighted by Gasteiger charge is -2.30. The molecule has 2 aromatic carbocycles. The highest BCUT2D eigenvalue weighted by Gasteiger charge is 2.44. The van der Waals surface area contributed by atoms with Crippen LogP contribution in [0.5, 0.6) is 0 Å². The third-order valence-electron chi connectivity index (χ3n) is 10.3.